The summed E-state index contributed by atoms with van der Waals surface area (Å²) in [7, 11) is 0.854. The second-order valence-corrected chi connectivity index (χ2v) is 7.31. The lowest BCUT2D eigenvalue weighted by Gasteiger charge is -2.20. The van der Waals surface area contributed by atoms with Crippen LogP contribution in [0.15, 0.2) is 29.2 Å². The molecule has 0 radical (unpaired) electrons. The molecular weight excluding hydrogens is 234 g/mol. The van der Waals surface area contributed by atoms with Gasteiger partial charge in [0.05, 0.1) is 10.1 Å². The highest BCUT2D eigenvalue weighted by atomic mass is 32.2. The van der Waals surface area contributed by atoms with Crippen LogP contribution in [0, 0.1) is 0 Å². The Hall–Kier alpha value is -0.870. The molecule has 3 nitrogen and oxygen atoms in total. The summed E-state index contributed by atoms with van der Waals surface area (Å²) in [5.74, 6) is 0. The molecule has 0 saturated heterocycles. The van der Waals surface area contributed by atoms with Crippen LogP contribution < -0.4 is 0 Å². The fraction of sp³-hybridized carbons (Fsp3) is 0.538. The Kier molecular flexibility index (Phi) is 4.33. The van der Waals surface area contributed by atoms with Gasteiger partial charge in [-0.3, -0.25) is 0 Å². The minimum Gasteiger partial charge on any atom is -0.303 e. The van der Waals surface area contributed by atoms with E-state index in [2.05, 4.69) is 11.8 Å². The topological polar surface area (TPSA) is 37.4 Å². The highest BCUT2D eigenvalue weighted by molar-refractivity contribution is 7.92. The fourth-order valence-corrected chi connectivity index (χ4v) is 2.57. The molecule has 1 aromatic carbocycles. The second-order valence-electron chi connectivity index (χ2n) is 4.80. The first-order valence-corrected chi connectivity index (χ1v) is 7.31. The van der Waals surface area contributed by atoms with Crippen LogP contribution in [0.3, 0.4) is 0 Å². The van der Waals surface area contributed by atoms with Crippen molar-refractivity contribution in [2.24, 2.45) is 0 Å². The normalized spacial score (nSPS) is 14.3. The zero-order valence-corrected chi connectivity index (χ0v) is 12.0. The van der Waals surface area contributed by atoms with E-state index in [0.717, 1.165) is 5.56 Å². The van der Waals surface area contributed by atoms with Crippen molar-refractivity contribution < 1.29 is 8.42 Å². The van der Waals surface area contributed by atoms with Crippen LogP contribution in [-0.4, -0.2) is 32.7 Å². The van der Waals surface area contributed by atoms with Crippen molar-refractivity contribution in [1.82, 2.24) is 4.90 Å². The fourth-order valence-electron chi connectivity index (χ4n) is 1.51. The standard InChI is InChI=1S/C13H21NO2S/c1-10(2)17(15,16)13-8-6-12(7-9-13)11(3)14(4)5/h6-11H,1-5H3. The van der Waals surface area contributed by atoms with Crippen LogP contribution in [0.25, 0.3) is 0 Å². The number of nitrogens with zero attached hydrogens (tertiary/aromatic N) is 1. The summed E-state index contributed by atoms with van der Waals surface area (Å²) < 4.78 is 23.9. The Morgan fingerprint density at radius 3 is 1.82 bits per heavy atom. The first-order chi connectivity index (χ1) is 7.76. The van der Waals surface area contributed by atoms with Crippen LogP contribution in [0.5, 0.6) is 0 Å². The predicted molar refractivity (Wildman–Crippen MR) is 70.9 cm³/mol. The Morgan fingerprint density at radius 2 is 1.47 bits per heavy atom. The van der Waals surface area contributed by atoms with Gasteiger partial charge >= 0.3 is 0 Å². The van der Waals surface area contributed by atoms with E-state index >= 15 is 0 Å². The molecular formula is C13H21NO2S. The lowest BCUT2D eigenvalue weighted by atomic mass is 10.1. The van der Waals surface area contributed by atoms with Gasteiger partial charge in [-0.15, -0.1) is 0 Å². The van der Waals surface area contributed by atoms with Crippen molar-refractivity contribution in [3.63, 3.8) is 0 Å². The number of rotatable bonds is 4. The van der Waals surface area contributed by atoms with Crippen LogP contribution in [0.2, 0.25) is 0 Å². The second kappa shape index (κ2) is 5.19. The first kappa shape index (κ1) is 14.2. The maximum absolute atomic E-state index is 11.9. The average molecular weight is 255 g/mol. The van der Waals surface area contributed by atoms with Crippen LogP contribution in [-0.2, 0) is 9.84 Å². The van der Waals surface area contributed by atoms with E-state index in [4.69, 9.17) is 0 Å². The molecule has 0 aliphatic carbocycles. The Labute approximate surface area is 104 Å². The maximum atomic E-state index is 11.9. The minimum absolute atomic E-state index is 0.283. The molecule has 0 spiro atoms. The van der Waals surface area contributed by atoms with Gasteiger partial charge in [0.15, 0.2) is 9.84 Å². The highest BCUT2D eigenvalue weighted by Crippen LogP contribution is 2.21. The monoisotopic (exact) mass is 255 g/mol. The number of benzene rings is 1. The summed E-state index contributed by atoms with van der Waals surface area (Å²) in [4.78, 5) is 2.49. The Bertz CT molecular complexity index is 461. The van der Waals surface area contributed by atoms with Gasteiger partial charge in [0, 0.05) is 6.04 Å². The van der Waals surface area contributed by atoms with Gasteiger partial charge in [-0.25, -0.2) is 8.42 Å². The molecule has 0 saturated carbocycles. The lowest BCUT2D eigenvalue weighted by molar-refractivity contribution is 0.321. The summed E-state index contributed by atoms with van der Waals surface area (Å²) in [5.41, 5.74) is 1.12. The summed E-state index contributed by atoms with van der Waals surface area (Å²) in [6, 6.07) is 7.46. The van der Waals surface area contributed by atoms with E-state index in [0.29, 0.717) is 4.90 Å². The highest BCUT2D eigenvalue weighted by Gasteiger charge is 2.19. The minimum atomic E-state index is -3.15. The van der Waals surface area contributed by atoms with Gasteiger partial charge in [-0.05, 0) is 52.6 Å². The average Bonchev–Trinajstić information content (AvgIpc) is 2.27. The molecule has 0 aliphatic heterocycles. The van der Waals surface area contributed by atoms with Gasteiger partial charge in [0.2, 0.25) is 0 Å². The molecule has 0 fully saturated rings. The van der Waals surface area contributed by atoms with Crippen molar-refractivity contribution in [1.29, 1.82) is 0 Å². The molecule has 96 valence electrons. The summed E-state index contributed by atoms with van der Waals surface area (Å²) >= 11 is 0. The molecule has 1 unspecified atom stereocenters. The molecule has 0 bridgehead atoms. The van der Waals surface area contributed by atoms with E-state index in [-0.39, 0.29) is 11.3 Å². The molecule has 0 aromatic heterocycles. The third-order valence-electron chi connectivity index (χ3n) is 3.09. The molecule has 17 heavy (non-hydrogen) atoms. The van der Waals surface area contributed by atoms with Crippen molar-refractivity contribution in [2.75, 3.05) is 14.1 Å². The van der Waals surface area contributed by atoms with E-state index in [1.165, 1.54) is 0 Å². The molecule has 1 aromatic rings. The Balaban J connectivity index is 3.05. The van der Waals surface area contributed by atoms with Crippen molar-refractivity contribution in [3.8, 4) is 0 Å². The van der Waals surface area contributed by atoms with E-state index < -0.39 is 9.84 Å². The van der Waals surface area contributed by atoms with Gasteiger partial charge in [-0.1, -0.05) is 12.1 Å². The Morgan fingerprint density at radius 1 is 1.00 bits per heavy atom. The van der Waals surface area contributed by atoms with E-state index in [1.807, 2.05) is 26.2 Å². The third-order valence-corrected chi connectivity index (χ3v) is 5.26. The van der Waals surface area contributed by atoms with Crippen LogP contribution in [0.1, 0.15) is 32.4 Å². The quantitative estimate of drug-likeness (QED) is 0.829. The van der Waals surface area contributed by atoms with Crippen LogP contribution >= 0.6 is 0 Å². The first-order valence-electron chi connectivity index (χ1n) is 5.77. The SMILES string of the molecule is CC(c1ccc(S(=O)(=O)C(C)C)cc1)N(C)C. The molecule has 4 heteroatoms. The molecule has 1 rings (SSSR count). The molecule has 0 heterocycles. The van der Waals surface area contributed by atoms with Gasteiger partial charge in [0.25, 0.3) is 0 Å². The van der Waals surface area contributed by atoms with Crippen molar-refractivity contribution >= 4 is 9.84 Å². The zero-order chi connectivity index (χ0) is 13.2. The number of hydrogen-bond acceptors (Lipinski definition) is 3. The predicted octanol–water partition coefficient (Wildman–Crippen LogP) is 2.49. The molecule has 0 amide bonds. The summed E-state index contributed by atoms with van der Waals surface area (Å²) in [6.45, 7) is 5.49. The smallest absolute Gasteiger partial charge is 0.180 e. The largest absolute Gasteiger partial charge is 0.303 e. The lowest BCUT2D eigenvalue weighted by Crippen LogP contribution is -2.17. The zero-order valence-electron chi connectivity index (χ0n) is 11.1. The van der Waals surface area contributed by atoms with E-state index in [9.17, 15) is 8.42 Å². The van der Waals surface area contributed by atoms with Gasteiger partial charge in [0.1, 0.15) is 0 Å². The molecule has 0 aliphatic rings. The van der Waals surface area contributed by atoms with Gasteiger partial charge < -0.3 is 4.90 Å². The number of sulfone groups is 1. The molecule has 1 atom stereocenters. The third kappa shape index (κ3) is 3.07. The molecule has 0 N–H and O–H groups in total. The summed E-state index contributed by atoms with van der Waals surface area (Å²) in [5, 5.41) is -0.375. The summed E-state index contributed by atoms with van der Waals surface area (Å²) in [6.07, 6.45) is 0. The maximum Gasteiger partial charge on any atom is 0.180 e. The van der Waals surface area contributed by atoms with E-state index in [1.54, 1.807) is 26.0 Å². The van der Waals surface area contributed by atoms with Crippen molar-refractivity contribution in [3.05, 3.63) is 29.8 Å². The van der Waals surface area contributed by atoms with Gasteiger partial charge in [-0.2, -0.15) is 0 Å². The van der Waals surface area contributed by atoms with Crippen LogP contribution in [0.4, 0.5) is 0 Å². The van der Waals surface area contributed by atoms with Crippen molar-refractivity contribution in [2.45, 2.75) is 37.0 Å². The number of hydrogen-bond donors (Lipinski definition) is 0.